The molecule has 1 fully saturated rings. The van der Waals surface area contributed by atoms with Gasteiger partial charge in [-0.3, -0.25) is 9.69 Å². The van der Waals surface area contributed by atoms with Gasteiger partial charge in [-0.25, -0.2) is 13.1 Å². The van der Waals surface area contributed by atoms with E-state index >= 15 is 0 Å². The highest BCUT2D eigenvalue weighted by Crippen LogP contribution is 2.25. The van der Waals surface area contributed by atoms with Crippen molar-refractivity contribution in [2.24, 2.45) is 0 Å². The summed E-state index contributed by atoms with van der Waals surface area (Å²) in [5.41, 5.74) is 3.30. The van der Waals surface area contributed by atoms with Crippen LogP contribution in [-0.4, -0.2) is 52.0 Å². The Balaban J connectivity index is 1.46. The van der Waals surface area contributed by atoms with Crippen LogP contribution in [0, 0.1) is 13.8 Å². The molecule has 3 rings (SSSR count). The first-order valence-electron chi connectivity index (χ1n) is 11.0. The van der Waals surface area contributed by atoms with Crippen molar-refractivity contribution in [1.82, 2.24) is 9.62 Å². The number of nitrogens with one attached hydrogen (secondary N) is 2. The SMILES string of the molecule is CC(=O)Nc1c(C)cc(S(=O)(=O)NCCCCN2CCOC(c3ccccc3)C2)cc1C. The zero-order chi connectivity index (χ0) is 23.1. The quantitative estimate of drug-likeness (QED) is 0.561. The first-order valence-corrected chi connectivity index (χ1v) is 12.5. The third-order valence-electron chi connectivity index (χ3n) is 5.63. The molecule has 32 heavy (non-hydrogen) atoms. The highest BCUT2D eigenvalue weighted by Gasteiger charge is 2.21. The van der Waals surface area contributed by atoms with E-state index in [0.717, 1.165) is 43.6 Å². The third-order valence-corrected chi connectivity index (χ3v) is 7.07. The van der Waals surface area contributed by atoms with Gasteiger partial charge in [0.15, 0.2) is 0 Å². The van der Waals surface area contributed by atoms with Gasteiger partial charge < -0.3 is 10.1 Å². The van der Waals surface area contributed by atoms with Crippen LogP contribution in [0.2, 0.25) is 0 Å². The lowest BCUT2D eigenvalue weighted by Gasteiger charge is -2.33. The maximum Gasteiger partial charge on any atom is 0.240 e. The molecule has 0 spiro atoms. The van der Waals surface area contributed by atoms with Gasteiger partial charge in [0.25, 0.3) is 0 Å². The summed E-state index contributed by atoms with van der Waals surface area (Å²) in [4.78, 5) is 14.0. The van der Waals surface area contributed by atoms with Gasteiger partial charge >= 0.3 is 0 Å². The topological polar surface area (TPSA) is 87.7 Å². The number of aryl methyl sites for hydroxylation is 2. The first kappa shape index (κ1) is 24.4. The van der Waals surface area contributed by atoms with E-state index in [0.29, 0.717) is 18.8 Å². The molecule has 8 heteroatoms. The largest absolute Gasteiger partial charge is 0.371 e. The van der Waals surface area contributed by atoms with E-state index in [1.165, 1.54) is 12.5 Å². The van der Waals surface area contributed by atoms with E-state index < -0.39 is 10.0 Å². The molecule has 0 saturated carbocycles. The van der Waals surface area contributed by atoms with E-state index in [1.807, 2.05) is 18.2 Å². The summed E-state index contributed by atoms with van der Waals surface area (Å²) < 4.78 is 34.0. The standard InChI is InChI=1S/C24H33N3O4S/c1-18-15-22(16-19(2)24(18)26-20(3)28)32(29,30)25-11-7-8-12-27-13-14-31-23(17-27)21-9-5-4-6-10-21/h4-6,9-10,15-16,23,25H,7-8,11-14,17H2,1-3H3,(H,26,28). The first-order chi connectivity index (χ1) is 15.3. The summed E-state index contributed by atoms with van der Waals surface area (Å²) in [6.07, 6.45) is 1.76. The number of benzene rings is 2. The molecule has 0 radical (unpaired) electrons. The Labute approximate surface area is 191 Å². The number of ether oxygens (including phenoxy) is 1. The monoisotopic (exact) mass is 459 g/mol. The second-order valence-corrected chi connectivity index (χ2v) is 10.1. The van der Waals surface area contributed by atoms with E-state index in [4.69, 9.17) is 4.74 Å². The predicted octanol–water partition coefficient (Wildman–Crippen LogP) is 3.39. The van der Waals surface area contributed by atoms with Crippen molar-refractivity contribution in [2.45, 2.75) is 44.6 Å². The number of hydrogen-bond donors (Lipinski definition) is 2. The van der Waals surface area contributed by atoms with Gasteiger partial charge in [0.2, 0.25) is 15.9 Å². The van der Waals surface area contributed by atoms with Gasteiger partial charge in [-0.2, -0.15) is 0 Å². The molecule has 1 aliphatic rings. The summed E-state index contributed by atoms with van der Waals surface area (Å²) in [5, 5.41) is 2.76. The van der Waals surface area contributed by atoms with Crippen molar-refractivity contribution >= 4 is 21.6 Å². The zero-order valence-electron chi connectivity index (χ0n) is 19.1. The van der Waals surface area contributed by atoms with Crippen LogP contribution in [-0.2, 0) is 19.6 Å². The van der Waals surface area contributed by atoms with E-state index in [9.17, 15) is 13.2 Å². The number of unbranched alkanes of at least 4 members (excludes halogenated alkanes) is 1. The van der Waals surface area contributed by atoms with Crippen molar-refractivity contribution < 1.29 is 17.9 Å². The summed E-state index contributed by atoms with van der Waals surface area (Å²) >= 11 is 0. The van der Waals surface area contributed by atoms with Gasteiger partial charge in [0.05, 0.1) is 17.6 Å². The van der Waals surface area contributed by atoms with Gasteiger partial charge in [-0.15, -0.1) is 0 Å². The molecule has 1 aliphatic heterocycles. The number of sulfonamides is 1. The fourth-order valence-electron chi connectivity index (χ4n) is 3.98. The maximum atomic E-state index is 12.7. The van der Waals surface area contributed by atoms with Crippen molar-refractivity contribution in [2.75, 3.05) is 38.1 Å². The fourth-order valence-corrected chi connectivity index (χ4v) is 5.22. The molecule has 0 aliphatic carbocycles. The molecule has 0 bridgehead atoms. The Bertz CT molecular complexity index is 1000. The minimum absolute atomic E-state index is 0.0930. The highest BCUT2D eigenvalue weighted by molar-refractivity contribution is 7.89. The molecule has 2 aromatic rings. The van der Waals surface area contributed by atoms with Gasteiger partial charge in [-0.1, -0.05) is 30.3 Å². The Morgan fingerprint density at radius 2 is 1.81 bits per heavy atom. The minimum Gasteiger partial charge on any atom is -0.371 e. The molecule has 7 nitrogen and oxygen atoms in total. The van der Waals surface area contributed by atoms with Crippen LogP contribution in [0.25, 0.3) is 0 Å². The molecule has 1 atom stereocenters. The number of hydrogen-bond acceptors (Lipinski definition) is 5. The maximum absolute atomic E-state index is 12.7. The second-order valence-electron chi connectivity index (χ2n) is 8.29. The van der Waals surface area contributed by atoms with E-state index in [1.54, 1.807) is 26.0 Å². The normalized spacial score (nSPS) is 17.3. The van der Waals surface area contributed by atoms with Crippen LogP contribution < -0.4 is 10.0 Å². The van der Waals surface area contributed by atoms with Crippen LogP contribution >= 0.6 is 0 Å². The Hall–Kier alpha value is -2.26. The van der Waals surface area contributed by atoms with Crippen LogP contribution in [0.4, 0.5) is 5.69 Å². The lowest BCUT2D eigenvalue weighted by Crippen LogP contribution is -2.39. The van der Waals surface area contributed by atoms with Gasteiger partial charge in [0, 0.05) is 32.2 Å². The number of amides is 1. The molecule has 1 saturated heterocycles. The molecule has 1 amide bonds. The summed E-state index contributed by atoms with van der Waals surface area (Å²) in [6.45, 7) is 8.79. The average molecular weight is 460 g/mol. The second kappa shape index (κ2) is 11.0. The predicted molar refractivity (Wildman–Crippen MR) is 126 cm³/mol. The minimum atomic E-state index is -3.60. The molecule has 2 aromatic carbocycles. The van der Waals surface area contributed by atoms with Gasteiger partial charge in [0.1, 0.15) is 0 Å². The fraction of sp³-hybridized carbons (Fsp3) is 0.458. The highest BCUT2D eigenvalue weighted by atomic mass is 32.2. The smallest absolute Gasteiger partial charge is 0.240 e. The lowest BCUT2D eigenvalue weighted by molar-refractivity contribution is -0.114. The summed E-state index contributed by atoms with van der Waals surface area (Å²) in [7, 11) is -3.60. The summed E-state index contributed by atoms with van der Waals surface area (Å²) in [5.74, 6) is -0.180. The number of rotatable bonds is 9. The average Bonchev–Trinajstić information content (AvgIpc) is 2.76. The van der Waals surface area contributed by atoms with Crippen LogP contribution in [0.1, 0.15) is 42.6 Å². The van der Waals surface area contributed by atoms with Crippen molar-refractivity contribution in [3.05, 3.63) is 59.2 Å². The van der Waals surface area contributed by atoms with Crippen LogP contribution in [0.15, 0.2) is 47.4 Å². The molecule has 1 heterocycles. The molecular weight excluding hydrogens is 426 g/mol. The molecule has 1 unspecified atom stereocenters. The molecular formula is C24H33N3O4S. The summed E-state index contributed by atoms with van der Waals surface area (Å²) in [6, 6.07) is 13.4. The van der Waals surface area contributed by atoms with Crippen LogP contribution in [0.5, 0.6) is 0 Å². The lowest BCUT2D eigenvalue weighted by atomic mass is 10.1. The van der Waals surface area contributed by atoms with Crippen molar-refractivity contribution in [3.8, 4) is 0 Å². The number of morpholine rings is 1. The number of carbonyl (C=O) groups excluding carboxylic acids is 1. The molecule has 2 N–H and O–H groups in total. The Morgan fingerprint density at radius 3 is 2.47 bits per heavy atom. The molecule has 174 valence electrons. The molecule has 0 aromatic heterocycles. The third kappa shape index (κ3) is 6.62. The van der Waals surface area contributed by atoms with Crippen LogP contribution in [0.3, 0.4) is 0 Å². The van der Waals surface area contributed by atoms with Crippen molar-refractivity contribution in [3.63, 3.8) is 0 Å². The van der Waals surface area contributed by atoms with Gasteiger partial charge in [-0.05, 0) is 62.1 Å². The van der Waals surface area contributed by atoms with E-state index in [-0.39, 0.29) is 16.9 Å². The Morgan fingerprint density at radius 1 is 1.12 bits per heavy atom. The van der Waals surface area contributed by atoms with Crippen molar-refractivity contribution in [1.29, 1.82) is 0 Å². The number of carbonyl (C=O) groups is 1. The van der Waals surface area contributed by atoms with E-state index in [2.05, 4.69) is 27.1 Å². The Kier molecular flexibility index (Phi) is 8.42. The number of nitrogens with zero attached hydrogens (tertiary/aromatic N) is 1. The zero-order valence-corrected chi connectivity index (χ0v) is 19.9. The number of anilines is 1.